The lowest BCUT2D eigenvalue weighted by molar-refractivity contribution is -0.138. The van der Waals surface area contributed by atoms with Crippen molar-refractivity contribution in [1.29, 1.82) is 0 Å². The Morgan fingerprint density at radius 3 is 2.31 bits per heavy atom. The molecule has 2 aromatic rings. The Labute approximate surface area is 205 Å². The molecule has 2 unspecified atom stereocenters. The van der Waals surface area contributed by atoms with Crippen molar-refractivity contribution in [2.75, 3.05) is 50.7 Å². The minimum absolute atomic E-state index is 0.0619. The van der Waals surface area contributed by atoms with Crippen molar-refractivity contribution in [2.24, 2.45) is 0 Å². The van der Waals surface area contributed by atoms with E-state index in [1.54, 1.807) is 30.0 Å². The number of hydrogen-bond donors (Lipinski definition) is 0. The van der Waals surface area contributed by atoms with Gasteiger partial charge in [-0.25, -0.2) is 8.78 Å². The number of piperidine rings is 1. The highest BCUT2D eigenvalue weighted by Crippen LogP contribution is 2.48. The zero-order valence-corrected chi connectivity index (χ0v) is 20.1. The molecule has 0 saturated carbocycles. The number of rotatable bonds is 5. The average Bonchev–Trinajstić information content (AvgIpc) is 3.17. The monoisotopic (exact) mass is 482 g/mol. The van der Waals surface area contributed by atoms with E-state index in [2.05, 4.69) is 9.80 Å². The van der Waals surface area contributed by atoms with E-state index in [1.807, 2.05) is 11.0 Å². The third-order valence-corrected chi connectivity index (χ3v) is 7.69. The number of piperazine rings is 1. The van der Waals surface area contributed by atoms with E-state index in [0.717, 1.165) is 49.4 Å². The molecule has 0 spiro atoms. The number of anilines is 2. The number of likely N-dealkylation sites (tertiary alicyclic amines) is 1. The summed E-state index contributed by atoms with van der Waals surface area (Å²) < 4.78 is 27.7. The van der Waals surface area contributed by atoms with Crippen LogP contribution in [0.1, 0.15) is 37.7 Å². The van der Waals surface area contributed by atoms with Crippen LogP contribution in [0.5, 0.6) is 0 Å². The zero-order valence-electron chi connectivity index (χ0n) is 20.1. The van der Waals surface area contributed by atoms with E-state index in [-0.39, 0.29) is 35.4 Å². The van der Waals surface area contributed by atoms with Crippen molar-refractivity contribution in [2.45, 2.75) is 38.1 Å². The Balaban J connectivity index is 1.20. The average molecular weight is 483 g/mol. The third kappa shape index (κ3) is 4.89. The molecule has 3 aliphatic heterocycles. The summed E-state index contributed by atoms with van der Waals surface area (Å²) in [5.41, 5.74) is 2.92. The molecule has 0 N–H and O–H groups in total. The molecular formula is C27H32F2N4O2. The van der Waals surface area contributed by atoms with Gasteiger partial charge in [-0.3, -0.25) is 9.59 Å². The number of amides is 2. The second-order valence-electron chi connectivity index (χ2n) is 9.80. The van der Waals surface area contributed by atoms with E-state index < -0.39 is 0 Å². The Bertz CT molecular complexity index is 1090. The lowest BCUT2D eigenvalue weighted by Crippen LogP contribution is -2.50. The molecular weight excluding hydrogens is 450 g/mol. The lowest BCUT2D eigenvalue weighted by atomic mass is 9.89. The van der Waals surface area contributed by atoms with Crippen LogP contribution in [-0.4, -0.2) is 78.4 Å². The van der Waals surface area contributed by atoms with Gasteiger partial charge in [0.05, 0.1) is 0 Å². The molecule has 2 atom stereocenters. The predicted molar refractivity (Wildman–Crippen MR) is 131 cm³/mol. The van der Waals surface area contributed by atoms with E-state index in [1.165, 1.54) is 18.2 Å². The van der Waals surface area contributed by atoms with Crippen LogP contribution in [0.15, 0.2) is 42.5 Å². The Morgan fingerprint density at radius 2 is 1.60 bits per heavy atom. The second-order valence-corrected chi connectivity index (χ2v) is 9.80. The van der Waals surface area contributed by atoms with Crippen LogP contribution in [0.25, 0.3) is 0 Å². The summed E-state index contributed by atoms with van der Waals surface area (Å²) in [6, 6.07) is 11.7. The number of nitrogens with zero attached hydrogens (tertiary/aromatic N) is 4. The standard InChI is InChI=1S/C27H32F2N4O2/c1-19(34)31-13-15-32(16-14-31)27(35)3-2-11-30-12-10-26-24(18-30)23-17-21(29)6-9-25(23)33(26)22-7-4-20(28)5-8-22/h4-9,17,24,26H,2-3,10-16,18H2,1H3. The molecule has 3 aliphatic rings. The van der Waals surface area contributed by atoms with Crippen molar-refractivity contribution < 1.29 is 18.4 Å². The minimum Gasteiger partial charge on any atom is -0.339 e. The molecule has 186 valence electrons. The Hall–Kier alpha value is -3.00. The van der Waals surface area contributed by atoms with Gasteiger partial charge in [-0.15, -0.1) is 0 Å². The molecule has 8 heteroatoms. The first-order chi connectivity index (χ1) is 16.9. The summed E-state index contributed by atoms with van der Waals surface area (Å²) in [4.78, 5) is 32.4. The summed E-state index contributed by atoms with van der Waals surface area (Å²) in [6.45, 7) is 6.53. The van der Waals surface area contributed by atoms with Gasteiger partial charge in [0.2, 0.25) is 11.8 Å². The first-order valence-electron chi connectivity index (χ1n) is 12.5. The molecule has 5 rings (SSSR count). The number of benzene rings is 2. The maximum atomic E-state index is 14.2. The largest absolute Gasteiger partial charge is 0.339 e. The number of halogens is 2. The maximum absolute atomic E-state index is 14.2. The van der Waals surface area contributed by atoms with Crippen LogP contribution in [0.3, 0.4) is 0 Å². The minimum atomic E-state index is -0.270. The molecule has 0 aliphatic carbocycles. The number of carbonyl (C=O) groups is 2. The Morgan fingerprint density at radius 1 is 0.914 bits per heavy atom. The summed E-state index contributed by atoms with van der Waals surface area (Å²) in [5, 5.41) is 0. The SMILES string of the molecule is CC(=O)N1CCN(C(=O)CCCN2CCC3C(C2)c2cc(F)ccc2N3c2ccc(F)cc2)CC1. The van der Waals surface area contributed by atoms with Crippen LogP contribution < -0.4 is 4.90 Å². The van der Waals surface area contributed by atoms with Crippen molar-refractivity contribution in [3.63, 3.8) is 0 Å². The summed E-state index contributed by atoms with van der Waals surface area (Å²) in [7, 11) is 0. The van der Waals surface area contributed by atoms with Gasteiger partial charge in [0.25, 0.3) is 0 Å². The zero-order chi connectivity index (χ0) is 24.5. The van der Waals surface area contributed by atoms with Crippen LogP contribution in [-0.2, 0) is 9.59 Å². The topological polar surface area (TPSA) is 47.1 Å². The van der Waals surface area contributed by atoms with Crippen LogP contribution >= 0.6 is 0 Å². The molecule has 35 heavy (non-hydrogen) atoms. The third-order valence-electron chi connectivity index (χ3n) is 7.69. The van der Waals surface area contributed by atoms with Gasteiger partial charge in [-0.2, -0.15) is 0 Å². The van der Waals surface area contributed by atoms with Crippen molar-refractivity contribution in [1.82, 2.24) is 14.7 Å². The quantitative estimate of drug-likeness (QED) is 0.652. The van der Waals surface area contributed by atoms with Crippen LogP contribution in [0, 0.1) is 11.6 Å². The van der Waals surface area contributed by atoms with Gasteiger partial charge in [0.1, 0.15) is 11.6 Å². The summed E-state index contributed by atoms with van der Waals surface area (Å²) >= 11 is 0. The second kappa shape index (κ2) is 9.93. The van der Waals surface area contributed by atoms with Crippen molar-refractivity contribution >= 4 is 23.2 Å². The fraction of sp³-hybridized carbons (Fsp3) is 0.481. The van der Waals surface area contributed by atoms with Gasteiger partial charge in [-0.05, 0) is 67.4 Å². The lowest BCUT2D eigenvalue weighted by Gasteiger charge is -2.39. The number of carbonyl (C=O) groups excluding carboxylic acids is 2. The van der Waals surface area contributed by atoms with E-state index in [0.29, 0.717) is 32.6 Å². The number of fused-ring (bicyclic) bond motifs is 3. The van der Waals surface area contributed by atoms with E-state index in [4.69, 9.17) is 0 Å². The highest BCUT2D eigenvalue weighted by molar-refractivity contribution is 5.77. The first kappa shape index (κ1) is 23.7. The molecule has 3 heterocycles. The molecule has 2 saturated heterocycles. The van der Waals surface area contributed by atoms with Gasteiger partial charge in [0, 0.05) is 75.9 Å². The molecule has 2 aromatic carbocycles. The van der Waals surface area contributed by atoms with Gasteiger partial charge >= 0.3 is 0 Å². The highest BCUT2D eigenvalue weighted by Gasteiger charge is 2.42. The fourth-order valence-corrected chi connectivity index (χ4v) is 5.86. The smallest absolute Gasteiger partial charge is 0.222 e. The van der Waals surface area contributed by atoms with Gasteiger partial charge in [0.15, 0.2) is 0 Å². The predicted octanol–water partition coefficient (Wildman–Crippen LogP) is 3.75. The number of hydrogen-bond acceptors (Lipinski definition) is 4. The fourth-order valence-electron chi connectivity index (χ4n) is 5.86. The summed E-state index contributed by atoms with van der Waals surface area (Å²) in [6.07, 6.45) is 2.19. The van der Waals surface area contributed by atoms with E-state index >= 15 is 0 Å². The van der Waals surface area contributed by atoms with E-state index in [9.17, 15) is 18.4 Å². The normalized spacial score (nSPS) is 22.2. The molecule has 0 bridgehead atoms. The Kier molecular flexibility index (Phi) is 6.73. The van der Waals surface area contributed by atoms with Crippen LogP contribution in [0.4, 0.5) is 20.2 Å². The molecule has 2 amide bonds. The summed E-state index contributed by atoms with van der Waals surface area (Å²) in [5.74, 6) is -0.134. The molecule has 2 fully saturated rings. The molecule has 6 nitrogen and oxygen atoms in total. The van der Waals surface area contributed by atoms with Crippen LogP contribution in [0.2, 0.25) is 0 Å². The van der Waals surface area contributed by atoms with Gasteiger partial charge < -0.3 is 19.6 Å². The highest BCUT2D eigenvalue weighted by atomic mass is 19.1. The van der Waals surface area contributed by atoms with Crippen molar-refractivity contribution in [3.05, 3.63) is 59.7 Å². The van der Waals surface area contributed by atoms with Gasteiger partial charge in [-0.1, -0.05) is 0 Å². The first-order valence-corrected chi connectivity index (χ1v) is 12.5. The molecule has 0 aromatic heterocycles. The molecule has 0 radical (unpaired) electrons. The van der Waals surface area contributed by atoms with Crippen molar-refractivity contribution in [3.8, 4) is 0 Å². The maximum Gasteiger partial charge on any atom is 0.222 e.